The minimum absolute atomic E-state index is 0.0448. The Morgan fingerprint density at radius 1 is 0.848 bits per heavy atom. The van der Waals surface area contributed by atoms with Crippen LogP contribution >= 0.6 is 0 Å². The smallest absolute Gasteiger partial charge is 0.252 e. The molecule has 0 aromatic heterocycles. The minimum atomic E-state index is -0.280. The highest BCUT2D eigenvalue weighted by molar-refractivity contribution is 6.00. The van der Waals surface area contributed by atoms with E-state index in [0.717, 1.165) is 56.0 Å². The van der Waals surface area contributed by atoms with E-state index in [0.29, 0.717) is 5.92 Å². The van der Waals surface area contributed by atoms with Gasteiger partial charge in [-0.05, 0) is 55.6 Å². The summed E-state index contributed by atoms with van der Waals surface area (Å²) in [4.78, 5) is 17.4. The van der Waals surface area contributed by atoms with Crippen LogP contribution in [0.3, 0.4) is 0 Å². The third-order valence-corrected chi connectivity index (χ3v) is 7.22. The van der Waals surface area contributed by atoms with E-state index in [1.807, 2.05) is 0 Å². The van der Waals surface area contributed by atoms with Crippen molar-refractivity contribution in [3.63, 3.8) is 0 Å². The third-order valence-electron chi connectivity index (χ3n) is 7.22. The van der Waals surface area contributed by atoms with Gasteiger partial charge >= 0.3 is 0 Å². The molecule has 170 valence electrons. The van der Waals surface area contributed by atoms with Gasteiger partial charge in [0.1, 0.15) is 0 Å². The number of carbonyl (C=O) groups excluding carboxylic acids is 1. The lowest BCUT2D eigenvalue weighted by molar-refractivity contribution is 0.0940. The summed E-state index contributed by atoms with van der Waals surface area (Å²) in [6.45, 7) is 9.29. The number of anilines is 1. The molecule has 0 bridgehead atoms. The lowest BCUT2D eigenvalue weighted by Gasteiger charge is -2.37. The maximum Gasteiger partial charge on any atom is 0.252 e. The molecule has 0 unspecified atom stereocenters. The molecule has 33 heavy (non-hydrogen) atoms. The van der Waals surface area contributed by atoms with Crippen LogP contribution in [0.25, 0.3) is 0 Å². The van der Waals surface area contributed by atoms with Gasteiger partial charge in [0.05, 0.1) is 5.54 Å². The second-order valence-electron chi connectivity index (χ2n) is 9.80. The van der Waals surface area contributed by atoms with E-state index in [4.69, 9.17) is 0 Å². The number of piperazine rings is 1. The Hall–Kier alpha value is -3.11. The number of hydrogen-bond donors (Lipinski definition) is 1. The van der Waals surface area contributed by atoms with Gasteiger partial charge in [-0.15, -0.1) is 0 Å². The van der Waals surface area contributed by atoms with Crippen molar-refractivity contribution in [3.8, 4) is 0 Å². The summed E-state index contributed by atoms with van der Waals surface area (Å²) in [7, 11) is 0. The Morgan fingerprint density at radius 3 is 2.06 bits per heavy atom. The molecule has 2 aliphatic heterocycles. The molecule has 2 aliphatic rings. The number of hydrogen-bond acceptors (Lipinski definition) is 3. The van der Waals surface area contributed by atoms with Gasteiger partial charge in [-0.1, -0.05) is 66.7 Å². The van der Waals surface area contributed by atoms with Crippen molar-refractivity contribution in [3.05, 3.63) is 101 Å². The van der Waals surface area contributed by atoms with E-state index in [9.17, 15) is 4.79 Å². The molecule has 1 saturated heterocycles. The van der Waals surface area contributed by atoms with Crippen molar-refractivity contribution < 1.29 is 4.79 Å². The van der Waals surface area contributed by atoms with Crippen molar-refractivity contribution in [1.29, 1.82) is 0 Å². The van der Waals surface area contributed by atoms with Gasteiger partial charge in [0.15, 0.2) is 0 Å². The molecule has 1 fully saturated rings. The topological polar surface area (TPSA) is 35.6 Å². The van der Waals surface area contributed by atoms with Crippen LogP contribution in [0.4, 0.5) is 5.69 Å². The molecule has 2 heterocycles. The van der Waals surface area contributed by atoms with Gasteiger partial charge in [-0.2, -0.15) is 0 Å². The van der Waals surface area contributed by atoms with Crippen LogP contribution in [0.1, 0.15) is 53.2 Å². The lowest BCUT2D eigenvalue weighted by atomic mass is 9.88. The summed E-state index contributed by atoms with van der Waals surface area (Å²) < 4.78 is 0. The second kappa shape index (κ2) is 9.03. The van der Waals surface area contributed by atoms with Gasteiger partial charge in [0, 0.05) is 43.3 Å². The zero-order chi connectivity index (χ0) is 22.8. The van der Waals surface area contributed by atoms with Gasteiger partial charge in [0.25, 0.3) is 5.91 Å². The average Bonchev–Trinajstić information content (AvgIpc) is 3.08. The molecular weight excluding hydrogens is 406 g/mol. The molecular formula is C29H33N3O. The van der Waals surface area contributed by atoms with Crippen molar-refractivity contribution in [2.24, 2.45) is 0 Å². The lowest BCUT2D eigenvalue weighted by Crippen LogP contribution is -2.46. The maximum absolute atomic E-state index is 12.4. The first-order chi connectivity index (χ1) is 16.0. The molecule has 3 aromatic rings. The van der Waals surface area contributed by atoms with E-state index in [1.165, 1.54) is 11.1 Å². The summed E-state index contributed by atoms with van der Waals surface area (Å²) in [5.41, 5.74) is 5.59. The fourth-order valence-electron chi connectivity index (χ4n) is 5.32. The fourth-order valence-corrected chi connectivity index (χ4v) is 5.32. The summed E-state index contributed by atoms with van der Waals surface area (Å²) in [5, 5.41) is 3.08. The van der Waals surface area contributed by atoms with Gasteiger partial charge in [-0.25, -0.2) is 0 Å². The van der Waals surface area contributed by atoms with Crippen LogP contribution in [0.5, 0.6) is 0 Å². The predicted octanol–water partition coefficient (Wildman–Crippen LogP) is 5.01. The van der Waals surface area contributed by atoms with Crippen LogP contribution in [-0.4, -0.2) is 43.5 Å². The zero-order valence-corrected chi connectivity index (χ0v) is 19.6. The summed E-state index contributed by atoms with van der Waals surface area (Å²) >= 11 is 0. The first-order valence-electron chi connectivity index (χ1n) is 12.1. The molecule has 1 N–H and O–H groups in total. The zero-order valence-electron chi connectivity index (χ0n) is 19.6. The van der Waals surface area contributed by atoms with Gasteiger partial charge in [0.2, 0.25) is 0 Å². The van der Waals surface area contributed by atoms with E-state index in [1.54, 1.807) is 0 Å². The second-order valence-corrected chi connectivity index (χ2v) is 9.80. The van der Waals surface area contributed by atoms with Crippen molar-refractivity contribution >= 4 is 11.6 Å². The molecule has 5 rings (SSSR count). The van der Waals surface area contributed by atoms with Crippen molar-refractivity contribution in [2.45, 2.75) is 31.7 Å². The highest BCUT2D eigenvalue weighted by Crippen LogP contribution is 2.33. The summed E-state index contributed by atoms with van der Waals surface area (Å²) in [6.07, 6.45) is 1.11. The van der Waals surface area contributed by atoms with Crippen molar-refractivity contribution in [2.75, 3.05) is 37.6 Å². The van der Waals surface area contributed by atoms with Crippen LogP contribution < -0.4 is 10.2 Å². The Labute approximate surface area is 197 Å². The Morgan fingerprint density at radius 2 is 1.45 bits per heavy atom. The van der Waals surface area contributed by atoms with E-state index >= 15 is 0 Å². The van der Waals surface area contributed by atoms with Crippen LogP contribution in [-0.2, 0) is 5.54 Å². The predicted molar refractivity (Wildman–Crippen MR) is 135 cm³/mol. The van der Waals surface area contributed by atoms with E-state index < -0.39 is 0 Å². The first-order valence-corrected chi connectivity index (χ1v) is 12.1. The molecule has 4 heteroatoms. The quantitative estimate of drug-likeness (QED) is 0.587. The summed E-state index contributed by atoms with van der Waals surface area (Å²) in [5.74, 6) is 0.465. The van der Waals surface area contributed by atoms with Crippen LogP contribution in [0, 0.1) is 0 Å². The van der Waals surface area contributed by atoms with Gasteiger partial charge in [-0.3, -0.25) is 9.69 Å². The first kappa shape index (κ1) is 21.7. The standard InChI is InChI=1S/C29H33N3O/c1-29(2)27-14-13-24(21-26(27)28(33)30-29)32-19-17-31(18-20-32)16-15-25(22-9-5-3-6-10-22)23-11-7-4-8-12-23/h3-14,21,25H,15-20H2,1-2H3,(H,30,33). The van der Waals surface area contributed by atoms with Crippen molar-refractivity contribution in [1.82, 2.24) is 10.2 Å². The Kier molecular flexibility index (Phi) is 5.94. The van der Waals surface area contributed by atoms with Crippen LogP contribution in [0.2, 0.25) is 0 Å². The fraction of sp³-hybridized carbons (Fsp3) is 0.345. The third kappa shape index (κ3) is 4.53. The number of nitrogens with zero attached hydrogens (tertiary/aromatic N) is 2. The molecule has 0 atom stereocenters. The largest absolute Gasteiger partial charge is 0.369 e. The van der Waals surface area contributed by atoms with Gasteiger partial charge < -0.3 is 10.2 Å². The van der Waals surface area contributed by atoms with E-state index in [2.05, 4.69) is 108 Å². The number of fused-ring (bicyclic) bond motifs is 1. The molecule has 0 saturated carbocycles. The normalized spacial score (nSPS) is 17.8. The molecule has 0 aliphatic carbocycles. The number of benzene rings is 3. The monoisotopic (exact) mass is 439 g/mol. The highest BCUT2D eigenvalue weighted by atomic mass is 16.2. The van der Waals surface area contributed by atoms with Crippen LogP contribution in [0.15, 0.2) is 78.9 Å². The SMILES string of the molecule is CC1(C)NC(=O)c2cc(N3CCN(CCC(c4ccccc4)c4ccccc4)CC3)ccc21. The Balaban J connectivity index is 1.22. The molecule has 0 radical (unpaired) electrons. The minimum Gasteiger partial charge on any atom is -0.369 e. The summed E-state index contributed by atoms with van der Waals surface area (Å²) in [6, 6.07) is 28.1. The average molecular weight is 440 g/mol. The molecule has 4 nitrogen and oxygen atoms in total. The molecule has 0 spiro atoms. The number of nitrogens with one attached hydrogen (secondary N) is 1. The highest BCUT2D eigenvalue weighted by Gasteiger charge is 2.35. The number of carbonyl (C=O) groups is 1. The molecule has 3 aromatic carbocycles. The van der Waals surface area contributed by atoms with E-state index in [-0.39, 0.29) is 11.4 Å². The number of rotatable bonds is 6. The maximum atomic E-state index is 12.4. The number of amides is 1. The molecule has 1 amide bonds. The Bertz CT molecular complexity index is 1060.